The zero-order valence-electron chi connectivity index (χ0n) is 12.3. The Bertz CT molecular complexity index is 634. The Hall–Kier alpha value is -1.46. The van der Waals surface area contributed by atoms with Crippen LogP contribution in [0.4, 0.5) is 10.1 Å². The number of hydrogen-bond donors (Lipinski definition) is 2. The third-order valence-corrected chi connectivity index (χ3v) is 3.98. The lowest BCUT2D eigenvalue weighted by atomic mass is 10.1. The molecular weight excluding hydrogens is 363 g/mol. The minimum atomic E-state index is -0.338. The number of anilines is 1. The van der Waals surface area contributed by atoms with Crippen molar-refractivity contribution in [3.63, 3.8) is 0 Å². The summed E-state index contributed by atoms with van der Waals surface area (Å²) in [7, 11) is 0. The van der Waals surface area contributed by atoms with Crippen LogP contribution < -0.4 is 10.6 Å². The van der Waals surface area contributed by atoms with Crippen LogP contribution in [0, 0.1) is 5.82 Å². The van der Waals surface area contributed by atoms with Gasteiger partial charge in [0.15, 0.2) is 5.11 Å². The molecule has 0 aromatic heterocycles. The molecule has 1 atom stereocenters. The van der Waals surface area contributed by atoms with Gasteiger partial charge in [-0.1, -0.05) is 46.3 Å². The van der Waals surface area contributed by atoms with E-state index in [4.69, 9.17) is 12.2 Å². The van der Waals surface area contributed by atoms with Crippen molar-refractivity contribution in [2.75, 3.05) is 5.32 Å². The van der Waals surface area contributed by atoms with E-state index >= 15 is 0 Å². The van der Waals surface area contributed by atoms with Crippen molar-refractivity contribution < 1.29 is 4.39 Å². The molecule has 116 valence electrons. The number of halogens is 2. The van der Waals surface area contributed by atoms with Gasteiger partial charge in [-0.05, 0) is 55.7 Å². The van der Waals surface area contributed by atoms with E-state index in [2.05, 4.69) is 45.6 Å². The van der Waals surface area contributed by atoms with Crippen LogP contribution in [0.3, 0.4) is 0 Å². The second-order valence-corrected chi connectivity index (χ2v) is 6.47. The summed E-state index contributed by atoms with van der Waals surface area (Å²) in [4.78, 5) is 0. The predicted molar refractivity (Wildman–Crippen MR) is 97.7 cm³/mol. The third-order valence-electron chi connectivity index (χ3n) is 3.27. The van der Waals surface area contributed by atoms with Crippen molar-refractivity contribution >= 4 is 38.9 Å². The fourth-order valence-corrected chi connectivity index (χ4v) is 2.72. The van der Waals surface area contributed by atoms with Crippen molar-refractivity contribution in [1.82, 2.24) is 5.32 Å². The SMILES string of the molecule is C[C@@H](CCc1ccccc1)NC(=S)Nc1ccc(Br)cc1F. The normalized spacial score (nSPS) is 11.8. The van der Waals surface area contributed by atoms with Crippen molar-refractivity contribution in [1.29, 1.82) is 0 Å². The van der Waals surface area contributed by atoms with Crippen molar-refractivity contribution in [3.8, 4) is 0 Å². The Balaban J connectivity index is 1.81. The van der Waals surface area contributed by atoms with Gasteiger partial charge in [-0.25, -0.2) is 4.39 Å². The molecule has 2 aromatic carbocycles. The maximum absolute atomic E-state index is 13.7. The Labute approximate surface area is 144 Å². The molecule has 0 fully saturated rings. The third kappa shape index (κ3) is 5.39. The number of hydrogen-bond acceptors (Lipinski definition) is 1. The maximum atomic E-state index is 13.7. The fourth-order valence-electron chi connectivity index (χ4n) is 2.07. The number of aryl methyl sites for hydroxylation is 1. The molecule has 0 radical (unpaired) electrons. The molecule has 2 N–H and O–H groups in total. The van der Waals surface area contributed by atoms with Crippen molar-refractivity contribution in [2.45, 2.75) is 25.8 Å². The van der Waals surface area contributed by atoms with Crippen molar-refractivity contribution in [3.05, 3.63) is 64.4 Å². The minimum Gasteiger partial charge on any atom is -0.360 e. The molecule has 0 amide bonds. The first kappa shape index (κ1) is 16.9. The van der Waals surface area contributed by atoms with E-state index in [1.54, 1.807) is 12.1 Å². The van der Waals surface area contributed by atoms with Crippen LogP contribution in [0.25, 0.3) is 0 Å². The topological polar surface area (TPSA) is 24.1 Å². The molecule has 0 saturated heterocycles. The van der Waals surface area contributed by atoms with Crippen LogP contribution in [-0.2, 0) is 6.42 Å². The summed E-state index contributed by atoms with van der Waals surface area (Å²) in [6.45, 7) is 2.06. The van der Waals surface area contributed by atoms with Gasteiger partial charge in [0, 0.05) is 10.5 Å². The quantitative estimate of drug-likeness (QED) is 0.721. The summed E-state index contributed by atoms with van der Waals surface area (Å²) >= 11 is 8.46. The van der Waals surface area contributed by atoms with Crippen LogP contribution in [-0.4, -0.2) is 11.2 Å². The van der Waals surface area contributed by atoms with E-state index in [0.29, 0.717) is 15.3 Å². The molecule has 0 aliphatic carbocycles. The summed E-state index contributed by atoms with van der Waals surface area (Å²) in [6, 6.07) is 15.3. The van der Waals surface area contributed by atoms with Crippen molar-refractivity contribution in [2.24, 2.45) is 0 Å². The molecule has 5 heteroatoms. The first-order valence-electron chi connectivity index (χ1n) is 7.11. The van der Waals surface area contributed by atoms with Gasteiger partial charge in [0.05, 0.1) is 5.69 Å². The van der Waals surface area contributed by atoms with Gasteiger partial charge in [-0.3, -0.25) is 0 Å². The zero-order valence-corrected chi connectivity index (χ0v) is 14.7. The monoisotopic (exact) mass is 380 g/mol. The number of rotatable bonds is 5. The van der Waals surface area contributed by atoms with E-state index in [-0.39, 0.29) is 11.9 Å². The fraction of sp³-hybridized carbons (Fsp3) is 0.235. The number of thiocarbonyl (C=S) groups is 1. The highest BCUT2D eigenvalue weighted by Gasteiger charge is 2.08. The highest BCUT2D eigenvalue weighted by Crippen LogP contribution is 2.19. The lowest BCUT2D eigenvalue weighted by Gasteiger charge is -2.17. The Kier molecular flexibility index (Phi) is 6.34. The molecule has 2 aromatic rings. The lowest BCUT2D eigenvalue weighted by molar-refractivity contribution is 0.608. The summed E-state index contributed by atoms with van der Waals surface area (Å²) in [6.07, 6.45) is 1.93. The first-order chi connectivity index (χ1) is 10.5. The minimum absolute atomic E-state index is 0.207. The number of nitrogens with one attached hydrogen (secondary N) is 2. The van der Waals surface area contributed by atoms with E-state index < -0.39 is 0 Å². The first-order valence-corrected chi connectivity index (χ1v) is 8.31. The molecule has 0 spiro atoms. The predicted octanol–water partition coefficient (Wildman–Crippen LogP) is 4.90. The van der Waals surface area contributed by atoms with E-state index in [0.717, 1.165) is 12.8 Å². The molecular formula is C17H18BrFN2S. The maximum Gasteiger partial charge on any atom is 0.171 e. The zero-order chi connectivity index (χ0) is 15.9. The van der Waals surface area contributed by atoms with Crippen LogP contribution >= 0.6 is 28.1 Å². The van der Waals surface area contributed by atoms with Gasteiger partial charge in [0.25, 0.3) is 0 Å². The van der Waals surface area contributed by atoms with E-state index in [1.165, 1.54) is 11.6 Å². The highest BCUT2D eigenvalue weighted by molar-refractivity contribution is 9.10. The van der Waals surface area contributed by atoms with Crippen LogP contribution in [0.15, 0.2) is 53.0 Å². The van der Waals surface area contributed by atoms with E-state index in [9.17, 15) is 4.39 Å². The van der Waals surface area contributed by atoms with Gasteiger partial charge in [-0.2, -0.15) is 0 Å². The summed E-state index contributed by atoms with van der Waals surface area (Å²) in [5.41, 5.74) is 1.67. The van der Waals surface area contributed by atoms with Gasteiger partial charge >= 0.3 is 0 Å². The van der Waals surface area contributed by atoms with Crippen LogP contribution in [0.5, 0.6) is 0 Å². The molecule has 0 aliphatic heterocycles. The molecule has 0 aliphatic rings. The largest absolute Gasteiger partial charge is 0.360 e. The summed E-state index contributed by atoms with van der Waals surface area (Å²) < 4.78 is 14.4. The summed E-state index contributed by atoms with van der Waals surface area (Å²) in [5.74, 6) is -0.338. The van der Waals surface area contributed by atoms with Gasteiger partial charge in [0.2, 0.25) is 0 Å². The molecule has 2 rings (SSSR count). The Morgan fingerprint density at radius 3 is 2.64 bits per heavy atom. The number of benzene rings is 2. The lowest BCUT2D eigenvalue weighted by Crippen LogP contribution is -2.36. The molecule has 0 heterocycles. The smallest absolute Gasteiger partial charge is 0.171 e. The Morgan fingerprint density at radius 1 is 1.23 bits per heavy atom. The molecule has 0 unspecified atom stereocenters. The van der Waals surface area contributed by atoms with Gasteiger partial charge < -0.3 is 10.6 Å². The van der Waals surface area contributed by atoms with E-state index in [1.807, 2.05) is 18.2 Å². The van der Waals surface area contributed by atoms with Crippen LogP contribution in [0.1, 0.15) is 18.9 Å². The summed E-state index contributed by atoms with van der Waals surface area (Å²) in [5, 5.41) is 6.51. The van der Waals surface area contributed by atoms with Crippen LogP contribution in [0.2, 0.25) is 0 Å². The highest BCUT2D eigenvalue weighted by atomic mass is 79.9. The standard InChI is InChI=1S/C17H18BrFN2S/c1-12(7-8-13-5-3-2-4-6-13)20-17(22)21-16-10-9-14(18)11-15(16)19/h2-6,9-12H,7-8H2,1H3,(H2,20,21,22)/t12-/m0/s1. The average molecular weight is 381 g/mol. The molecule has 22 heavy (non-hydrogen) atoms. The second-order valence-electron chi connectivity index (χ2n) is 5.15. The molecule has 2 nitrogen and oxygen atoms in total. The van der Waals surface area contributed by atoms with Gasteiger partial charge in [-0.15, -0.1) is 0 Å². The average Bonchev–Trinajstić information content (AvgIpc) is 2.49. The van der Waals surface area contributed by atoms with Gasteiger partial charge in [0.1, 0.15) is 5.82 Å². The Morgan fingerprint density at radius 2 is 1.95 bits per heavy atom. The second kappa shape index (κ2) is 8.25. The molecule has 0 saturated carbocycles. The molecule has 0 bridgehead atoms.